The summed E-state index contributed by atoms with van der Waals surface area (Å²) in [6, 6.07) is 10.7. The number of piperidine rings is 1. The molecule has 2 aromatic rings. The van der Waals surface area contributed by atoms with Crippen LogP contribution in [-0.2, 0) is 9.47 Å². The van der Waals surface area contributed by atoms with Crippen LogP contribution >= 0.6 is 15.9 Å². The highest BCUT2D eigenvalue weighted by Crippen LogP contribution is 2.33. The van der Waals surface area contributed by atoms with E-state index in [2.05, 4.69) is 28.2 Å². The van der Waals surface area contributed by atoms with Gasteiger partial charge in [0.15, 0.2) is 0 Å². The minimum absolute atomic E-state index is 0.182. The van der Waals surface area contributed by atoms with Gasteiger partial charge in [0, 0.05) is 17.6 Å². The van der Waals surface area contributed by atoms with E-state index in [1.807, 2.05) is 39.0 Å². The Morgan fingerprint density at radius 1 is 1.05 bits per heavy atom. The summed E-state index contributed by atoms with van der Waals surface area (Å²) in [5, 5.41) is 2.87. The number of halogens is 1. The summed E-state index contributed by atoms with van der Waals surface area (Å²) in [5.74, 6) is -0.257. The Hall–Kier alpha value is -3.07. The highest BCUT2D eigenvalue weighted by Gasteiger charge is 2.28. The molecule has 1 heterocycles. The number of amides is 2. The molecule has 1 N–H and O–H groups in total. The molecule has 0 aromatic heterocycles. The summed E-state index contributed by atoms with van der Waals surface area (Å²) >= 11 is 3.40. The van der Waals surface area contributed by atoms with Gasteiger partial charge in [-0.1, -0.05) is 35.3 Å². The van der Waals surface area contributed by atoms with Crippen molar-refractivity contribution in [2.24, 2.45) is 0 Å². The molecule has 1 aliphatic heterocycles. The lowest BCUT2D eigenvalue weighted by molar-refractivity contribution is 0.0204. The Labute approximate surface area is 233 Å². The fourth-order valence-electron chi connectivity index (χ4n) is 4.25. The lowest BCUT2D eigenvalue weighted by Gasteiger charge is -2.33. The number of rotatable bonds is 8. The van der Waals surface area contributed by atoms with Crippen molar-refractivity contribution in [1.82, 2.24) is 4.90 Å². The van der Waals surface area contributed by atoms with Gasteiger partial charge in [0.2, 0.25) is 0 Å². The minimum Gasteiger partial charge on any atom is -0.493 e. The molecule has 0 bridgehead atoms. The highest BCUT2D eigenvalue weighted by molar-refractivity contribution is 9.10. The molecule has 0 spiro atoms. The van der Waals surface area contributed by atoms with Crippen molar-refractivity contribution in [2.75, 3.05) is 32.1 Å². The lowest BCUT2D eigenvalue weighted by Crippen LogP contribution is -2.41. The molecule has 0 radical (unpaired) electrons. The van der Waals surface area contributed by atoms with Crippen LogP contribution < -0.4 is 10.1 Å². The van der Waals surface area contributed by atoms with E-state index in [1.165, 1.54) is 7.11 Å². The number of methoxy groups -OCH3 is 1. The molecule has 38 heavy (non-hydrogen) atoms. The molecule has 2 aromatic carbocycles. The number of benzene rings is 2. The fraction of sp³-hybridized carbons (Fsp3) is 0.483. The second kappa shape index (κ2) is 13.1. The van der Waals surface area contributed by atoms with E-state index in [-0.39, 0.29) is 23.5 Å². The van der Waals surface area contributed by atoms with Crippen LogP contribution in [0.25, 0.3) is 0 Å². The van der Waals surface area contributed by atoms with Crippen molar-refractivity contribution in [3.05, 3.63) is 57.6 Å². The molecular weight excluding hydrogens is 552 g/mol. The Morgan fingerprint density at radius 2 is 1.76 bits per heavy atom. The minimum atomic E-state index is -0.544. The molecule has 0 atom stereocenters. The topological polar surface area (TPSA) is 94.2 Å². The standard InChI is InChI=1S/C29H37BrN2O6/c1-6-7-16-37-25-11-8-20(19-12-14-32(15-13-19)28(35)38-29(2,3)4)17-23(25)26(33)31-24-18-21(30)9-10-22(24)27(34)36-5/h8-11,17-19H,6-7,12-16H2,1-5H3,(H,31,33). The number of nitrogens with one attached hydrogen (secondary N) is 1. The average molecular weight is 590 g/mol. The first-order valence-corrected chi connectivity index (χ1v) is 13.8. The molecule has 0 unspecified atom stereocenters. The molecule has 9 heteroatoms. The molecule has 0 aliphatic carbocycles. The summed E-state index contributed by atoms with van der Waals surface area (Å²) in [4.78, 5) is 40.0. The van der Waals surface area contributed by atoms with E-state index in [9.17, 15) is 14.4 Å². The highest BCUT2D eigenvalue weighted by atomic mass is 79.9. The van der Waals surface area contributed by atoms with Crippen LogP contribution in [0.2, 0.25) is 0 Å². The van der Waals surface area contributed by atoms with Gasteiger partial charge < -0.3 is 24.4 Å². The molecular formula is C29H37BrN2O6. The number of esters is 1. The molecule has 3 rings (SSSR count). The average Bonchev–Trinajstić information content (AvgIpc) is 2.87. The van der Waals surface area contributed by atoms with E-state index in [1.54, 1.807) is 23.1 Å². The second-order valence-electron chi connectivity index (χ2n) is 10.3. The molecule has 2 amide bonds. The van der Waals surface area contributed by atoms with Gasteiger partial charge in [-0.15, -0.1) is 0 Å². The van der Waals surface area contributed by atoms with Crippen molar-refractivity contribution in [1.29, 1.82) is 0 Å². The van der Waals surface area contributed by atoms with Gasteiger partial charge in [0.05, 0.1) is 30.5 Å². The van der Waals surface area contributed by atoms with Gasteiger partial charge in [-0.2, -0.15) is 0 Å². The molecule has 1 aliphatic rings. The monoisotopic (exact) mass is 588 g/mol. The predicted molar refractivity (Wildman–Crippen MR) is 150 cm³/mol. The van der Waals surface area contributed by atoms with Crippen LogP contribution in [0.4, 0.5) is 10.5 Å². The van der Waals surface area contributed by atoms with Gasteiger partial charge in [-0.05, 0) is 81.8 Å². The Balaban J connectivity index is 1.83. The van der Waals surface area contributed by atoms with Gasteiger partial charge in [-0.3, -0.25) is 4.79 Å². The maximum atomic E-state index is 13.5. The van der Waals surface area contributed by atoms with Crippen molar-refractivity contribution in [2.45, 2.75) is 64.9 Å². The maximum Gasteiger partial charge on any atom is 0.410 e. The number of carbonyl (C=O) groups excluding carboxylic acids is 3. The fourth-order valence-corrected chi connectivity index (χ4v) is 4.61. The van der Waals surface area contributed by atoms with E-state index >= 15 is 0 Å². The largest absolute Gasteiger partial charge is 0.493 e. The lowest BCUT2D eigenvalue weighted by atomic mass is 9.88. The van der Waals surface area contributed by atoms with Crippen LogP contribution in [0.5, 0.6) is 5.75 Å². The number of unbranched alkanes of at least 4 members (excludes halogenated alkanes) is 1. The third-order valence-electron chi connectivity index (χ3n) is 6.26. The first-order chi connectivity index (χ1) is 18.0. The zero-order chi connectivity index (χ0) is 27.9. The second-order valence-corrected chi connectivity index (χ2v) is 11.3. The number of likely N-dealkylation sites (tertiary alicyclic amines) is 1. The van der Waals surface area contributed by atoms with Gasteiger partial charge in [-0.25, -0.2) is 9.59 Å². The molecule has 8 nitrogen and oxygen atoms in total. The summed E-state index contributed by atoms with van der Waals surface area (Å²) in [6.07, 6.45) is 3.05. The van der Waals surface area contributed by atoms with Crippen molar-refractivity contribution in [3.8, 4) is 5.75 Å². The van der Waals surface area contributed by atoms with Crippen molar-refractivity contribution >= 4 is 39.6 Å². The number of nitrogens with zero attached hydrogens (tertiary/aromatic N) is 1. The molecule has 206 valence electrons. The first kappa shape index (κ1) is 29.5. The molecule has 1 fully saturated rings. The zero-order valence-electron chi connectivity index (χ0n) is 22.8. The van der Waals surface area contributed by atoms with Gasteiger partial charge in [0.25, 0.3) is 5.91 Å². The molecule has 0 saturated carbocycles. The third kappa shape index (κ3) is 7.96. The normalized spacial score (nSPS) is 14.1. The number of carbonyl (C=O) groups is 3. The predicted octanol–water partition coefficient (Wildman–Crippen LogP) is 6.78. The van der Waals surface area contributed by atoms with Crippen molar-refractivity contribution < 1.29 is 28.6 Å². The van der Waals surface area contributed by atoms with Crippen LogP contribution in [0.3, 0.4) is 0 Å². The van der Waals surface area contributed by atoms with E-state index in [4.69, 9.17) is 14.2 Å². The summed E-state index contributed by atoms with van der Waals surface area (Å²) in [6.45, 7) is 9.30. The van der Waals surface area contributed by atoms with E-state index < -0.39 is 11.6 Å². The Bertz CT molecular complexity index is 1150. The smallest absolute Gasteiger partial charge is 0.410 e. The van der Waals surface area contributed by atoms with E-state index in [0.717, 1.165) is 31.2 Å². The summed E-state index contributed by atoms with van der Waals surface area (Å²) in [5.41, 5.74) is 1.45. The zero-order valence-corrected chi connectivity index (χ0v) is 24.4. The number of anilines is 1. The maximum absolute atomic E-state index is 13.5. The summed E-state index contributed by atoms with van der Waals surface area (Å²) in [7, 11) is 1.30. The van der Waals surface area contributed by atoms with Crippen LogP contribution in [-0.4, -0.2) is 55.3 Å². The van der Waals surface area contributed by atoms with Crippen LogP contribution in [0, 0.1) is 0 Å². The first-order valence-electron chi connectivity index (χ1n) is 13.0. The van der Waals surface area contributed by atoms with E-state index in [0.29, 0.717) is 41.2 Å². The van der Waals surface area contributed by atoms with Gasteiger partial charge in [0.1, 0.15) is 11.4 Å². The Kier molecular flexibility index (Phi) is 10.2. The van der Waals surface area contributed by atoms with Crippen LogP contribution in [0.15, 0.2) is 40.9 Å². The summed E-state index contributed by atoms with van der Waals surface area (Å²) < 4.78 is 17.1. The third-order valence-corrected chi connectivity index (χ3v) is 6.75. The quantitative estimate of drug-likeness (QED) is 0.270. The van der Waals surface area contributed by atoms with Crippen molar-refractivity contribution in [3.63, 3.8) is 0 Å². The number of ether oxygens (including phenoxy) is 3. The Morgan fingerprint density at radius 3 is 2.39 bits per heavy atom. The number of hydrogen-bond donors (Lipinski definition) is 1. The van der Waals surface area contributed by atoms with Crippen LogP contribution in [0.1, 0.15) is 85.6 Å². The number of hydrogen-bond acceptors (Lipinski definition) is 6. The molecule has 1 saturated heterocycles. The van der Waals surface area contributed by atoms with Gasteiger partial charge >= 0.3 is 12.1 Å². The SMILES string of the molecule is CCCCOc1ccc(C2CCN(C(=O)OC(C)(C)C)CC2)cc1C(=O)Nc1cc(Br)ccc1C(=O)OC.